The molecule has 198 valence electrons. The van der Waals surface area contributed by atoms with Crippen LogP contribution in [-0.2, 0) is 17.8 Å². The standard InChI is InChI=1S/C32H37N3O3/c36-20-8-15-31-33-28-13-6-7-14-30(28)35(31)21-23-16-18-24(19-17-23)26-11-4-5-12-27(26)32(38)34-29(22-37)25-9-2-1-3-10-25/h1-3,6-7,9-10,13-14,16-19,26-27,29,36-37H,4-5,8,11-12,15,20-22H2,(H,34,38)/t26-,27+,29+/m0/s1. The van der Waals surface area contributed by atoms with Gasteiger partial charge < -0.3 is 20.1 Å². The Balaban J connectivity index is 1.32. The van der Waals surface area contributed by atoms with Crippen LogP contribution in [0.15, 0.2) is 78.9 Å². The highest BCUT2D eigenvalue weighted by Crippen LogP contribution is 2.38. The number of aryl methyl sites for hydroxylation is 1. The second-order valence-corrected chi connectivity index (χ2v) is 10.3. The van der Waals surface area contributed by atoms with E-state index in [9.17, 15) is 15.0 Å². The van der Waals surface area contributed by atoms with Gasteiger partial charge in [0.1, 0.15) is 5.82 Å². The molecule has 1 saturated carbocycles. The Hall–Kier alpha value is -3.48. The molecule has 0 unspecified atom stereocenters. The number of aromatic nitrogens is 2. The third-order valence-corrected chi connectivity index (χ3v) is 7.84. The molecule has 1 aliphatic rings. The molecule has 1 aromatic heterocycles. The number of amides is 1. The lowest BCUT2D eigenvalue weighted by Crippen LogP contribution is -2.39. The van der Waals surface area contributed by atoms with Crippen molar-refractivity contribution in [3.8, 4) is 0 Å². The first kappa shape index (κ1) is 26.1. The van der Waals surface area contributed by atoms with Crippen LogP contribution in [-0.4, -0.2) is 38.9 Å². The molecule has 3 atom stereocenters. The van der Waals surface area contributed by atoms with Gasteiger partial charge in [-0.3, -0.25) is 4.79 Å². The minimum atomic E-state index is -0.390. The van der Waals surface area contributed by atoms with E-state index >= 15 is 0 Å². The molecule has 6 nitrogen and oxygen atoms in total. The Bertz CT molecular complexity index is 1330. The molecule has 0 bridgehead atoms. The van der Waals surface area contributed by atoms with Crippen LogP contribution in [0.5, 0.6) is 0 Å². The fraction of sp³-hybridized carbons (Fsp3) is 0.375. The predicted molar refractivity (Wildman–Crippen MR) is 150 cm³/mol. The monoisotopic (exact) mass is 511 g/mol. The summed E-state index contributed by atoms with van der Waals surface area (Å²) in [7, 11) is 0. The maximum Gasteiger partial charge on any atom is 0.224 e. The zero-order valence-corrected chi connectivity index (χ0v) is 21.8. The average molecular weight is 512 g/mol. The predicted octanol–water partition coefficient (Wildman–Crippen LogP) is 5.13. The van der Waals surface area contributed by atoms with E-state index in [-0.39, 0.29) is 31.0 Å². The van der Waals surface area contributed by atoms with Crippen molar-refractivity contribution in [3.05, 3.63) is 101 Å². The van der Waals surface area contributed by atoms with E-state index in [0.717, 1.165) is 54.5 Å². The van der Waals surface area contributed by atoms with Crippen molar-refractivity contribution in [1.29, 1.82) is 0 Å². The average Bonchev–Trinajstić information content (AvgIpc) is 3.32. The number of imidazole rings is 1. The van der Waals surface area contributed by atoms with Crippen LogP contribution in [0.25, 0.3) is 11.0 Å². The first-order chi connectivity index (χ1) is 18.7. The summed E-state index contributed by atoms with van der Waals surface area (Å²) in [4.78, 5) is 18.2. The molecule has 0 spiro atoms. The molecular formula is C32H37N3O3. The zero-order chi connectivity index (χ0) is 26.3. The van der Waals surface area contributed by atoms with Gasteiger partial charge in [-0.1, -0.05) is 79.6 Å². The number of rotatable bonds is 10. The fourth-order valence-electron chi connectivity index (χ4n) is 5.82. The number of carbonyl (C=O) groups excluding carboxylic acids is 1. The number of fused-ring (bicyclic) bond motifs is 1. The van der Waals surface area contributed by atoms with Gasteiger partial charge in [-0.2, -0.15) is 0 Å². The maximum absolute atomic E-state index is 13.4. The Morgan fingerprint density at radius 1 is 0.947 bits per heavy atom. The first-order valence-electron chi connectivity index (χ1n) is 13.8. The van der Waals surface area contributed by atoms with Gasteiger partial charge in [0.25, 0.3) is 0 Å². The molecule has 1 fully saturated rings. The van der Waals surface area contributed by atoms with Crippen LogP contribution in [0, 0.1) is 5.92 Å². The minimum Gasteiger partial charge on any atom is -0.396 e. The van der Waals surface area contributed by atoms with Gasteiger partial charge in [-0.25, -0.2) is 4.98 Å². The topological polar surface area (TPSA) is 87.4 Å². The number of para-hydroxylation sites is 2. The van der Waals surface area contributed by atoms with Crippen molar-refractivity contribution in [3.63, 3.8) is 0 Å². The summed E-state index contributed by atoms with van der Waals surface area (Å²) >= 11 is 0. The smallest absolute Gasteiger partial charge is 0.224 e. The van der Waals surface area contributed by atoms with Crippen molar-refractivity contribution < 1.29 is 15.0 Å². The molecule has 6 heteroatoms. The molecule has 3 N–H and O–H groups in total. The number of hydrogen-bond acceptors (Lipinski definition) is 4. The normalized spacial score (nSPS) is 18.4. The van der Waals surface area contributed by atoms with E-state index in [1.165, 1.54) is 11.1 Å². The summed E-state index contributed by atoms with van der Waals surface area (Å²) in [6.07, 6.45) is 5.44. The third-order valence-electron chi connectivity index (χ3n) is 7.84. The Morgan fingerprint density at radius 2 is 1.68 bits per heavy atom. The summed E-state index contributed by atoms with van der Waals surface area (Å²) < 4.78 is 2.25. The van der Waals surface area contributed by atoms with E-state index < -0.39 is 6.04 Å². The molecule has 4 aromatic rings. The third kappa shape index (κ3) is 5.82. The number of aliphatic hydroxyl groups is 2. The van der Waals surface area contributed by atoms with Gasteiger partial charge in [-0.15, -0.1) is 0 Å². The maximum atomic E-state index is 13.4. The largest absolute Gasteiger partial charge is 0.396 e. The van der Waals surface area contributed by atoms with E-state index in [1.54, 1.807) is 0 Å². The summed E-state index contributed by atoms with van der Waals surface area (Å²) in [5.41, 5.74) is 5.38. The minimum absolute atomic E-state index is 0.0279. The molecule has 1 aliphatic carbocycles. The number of hydrogen-bond donors (Lipinski definition) is 3. The quantitative estimate of drug-likeness (QED) is 0.275. The number of aliphatic hydroxyl groups excluding tert-OH is 2. The summed E-state index contributed by atoms with van der Waals surface area (Å²) in [5, 5.41) is 22.4. The Labute approximate surface area is 224 Å². The fourth-order valence-corrected chi connectivity index (χ4v) is 5.82. The van der Waals surface area contributed by atoms with Gasteiger partial charge in [0.05, 0.1) is 23.7 Å². The van der Waals surface area contributed by atoms with Crippen LogP contribution in [0.1, 0.15) is 66.6 Å². The highest BCUT2D eigenvalue weighted by molar-refractivity contribution is 5.80. The highest BCUT2D eigenvalue weighted by Gasteiger charge is 2.33. The second-order valence-electron chi connectivity index (χ2n) is 10.3. The lowest BCUT2D eigenvalue weighted by Gasteiger charge is -2.32. The molecule has 1 heterocycles. The van der Waals surface area contributed by atoms with Gasteiger partial charge in [-0.05, 0) is 54.0 Å². The number of nitrogens with zero attached hydrogens (tertiary/aromatic N) is 2. The molecule has 38 heavy (non-hydrogen) atoms. The van der Waals surface area contributed by atoms with Crippen molar-refractivity contribution in [2.45, 2.75) is 57.0 Å². The molecule has 0 saturated heterocycles. The summed E-state index contributed by atoms with van der Waals surface area (Å²) in [6, 6.07) is 26.2. The van der Waals surface area contributed by atoms with Crippen molar-refractivity contribution >= 4 is 16.9 Å². The number of carbonyl (C=O) groups is 1. The van der Waals surface area contributed by atoms with E-state index in [0.29, 0.717) is 13.0 Å². The van der Waals surface area contributed by atoms with Crippen molar-refractivity contribution in [2.24, 2.45) is 5.92 Å². The number of nitrogens with one attached hydrogen (secondary N) is 1. The first-order valence-corrected chi connectivity index (χ1v) is 13.8. The van der Waals surface area contributed by atoms with Gasteiger partial charge in [0, 0.05) is 25.5 Å². The number of benzene rings is 3. The summed E-state index contributed by atoms with van der Waals surface area (Å²) in [6.45, 7) is 0.745. The van der Waals surface area contributed by atoms with Crippen molar-refractivity contribution in [1.82, 2.24) is 14.9 Å². The van der Waals surface area contributed by atoms with Gasteiger partial charge >= 0.3 is 0 Å². The Kier molecular flexibility index (Phi) is 8.51. The van der Waals surface area contributed by atoms with E-state index in [2.05, 4.69) is 40.2 Å². The molecule has 5 rings (SSSR count). The molecule has 1 amide bonds. The lowest BCUT2D eigenvalue weighted by molar-refractivity contribution is -0.127. The van der Waals surface area contributed by atoms with E-state index in [1.807, 2.05) is 48.5 Å². The molecular weight excluding hydrogens is 474 g/mol. The van der Waals surface area contributed by atoms with Gasteiger partial charge in [0.15, 0.2) is 0 Å². The van der Waals surface area contributed by atoms with Crippen LogP contribution in [0.2, 0.25) is 0 Å². The highest BCUT2D eigenvalue weighted by atomic mass is 16.3. The van der Waals surface area contributed by atoms with Gasteiger partial charge in [0.2, 0.25) is 5.91 Å². The van der Waals surface area contributed by atoms with Crippen molar-refractivity contribution in [2.75, 3.05) is 13.2 Å². The van der Waals surface area contributed by atoms with Crippen LogP contribution < -0.4 is 5.32 Å². The molecule has 0 radical (unpaired) electrons. The summed E-state index contributed by atoms with van der Waals surface area (Å²) in [5.74, 6) is 1.09. The van der Waals surface area contributed by atoms with E-state index in [4.69, 9.17) is 4.98 Å². The SMILES string of the molecule is O=C(N[C@H](CO)c1ccccc1)[C@@H]1CCCC[C@H]1c1ccc(Cn2c(CCCO)nc3ccccc32)cc1. The van der Waals surface area contributed by atoms with Crippen LogP contribution in [0.4, 0.5) is 0 Å². The lowest BCUT2D eigenvalue weighted by atomic mass is 9.74. The second kappa shape index (κ2) is 12.4. The Morgan fingerprint density at radius 3 is 2.45 bits per heavy atom. The molecule has 0 aliphatic heterocycles. The molecule has 3 aromatic carbocycles. The van der Waals surface area contributed by atoms with Crippen LogP contribution in [0.3, 0.4) is 0 Å². The zero-order valence-electron chi connectivity index (χ0n) is 21.8. The van der Waals surface area contributed by atoms with Crippen LogP contribution >= 0.6 is 0 Å².